The zero-order valence-corrected chi connectivity index (χ0v) is 21.2. The zero-order valence-electron chi connectivity index (χ0n) is 21.2. The Kier molecular flexibility index (Phi) is 7.51. The van der Waals surface area contributed by atoms with Crippen molar-refractivity contribution in [2.24, 2.45) is 0 Å². The number of methoxy groups -OCH3 is 1. The summed E-state index contributed by atoms with van der Waals surface area (Å²) in [5.41, 5.74) is 3.24. The zero-order chi connectivity index (χ0) is 25.8. The predicted molar refractivity (Wildman–Crippen MR) is 140 cm³/mol. The summed E-state index contributed by atoms with van der Waals surface area (Å²) in [6.45, 7) is 4.74. The van der Waals surface area contributed by atoms with E-state index in [4.69, 9.17) is 14.0 Å². The van der Waals surface area contributed by atoms with Gasteiger partial charge in [0.1, 0.15) is 5.82 Å². The Morgan fingerprint density at radius 1 is 1.08 bits per heavy atom. The first kappa shape index (κ1) is 25.0. The third-order valence-electron chi connectivity index (χ3n) is 7.20. The smallest absolute Gasteiger partial charge is 0.170 e. The number of hydrogen-bond acceptors (Lipinski definition) is 6. The van der Waals surface area contributed by atoms with Crippen molar-refractivity contribution in [2.75, 3.05) is 33.4 Å². The molecule has 1 aliphatic rings. The van der Waals surface area contributed by atoms with E-state index < -0.39 is 0 Å². The van der Waals surface area contributed by atoms with Crippen LogP contribution in [0.1, 0.15) is 53.2 Å². The highest BCUT2D eigenvalue weighted by Gasteiger charge is 2.27. The van der Waals surface area contributed by atoms with Gasteiger partial charge in [0.25, 0.3) is 0 Å². The Bertz CT molecular complexity index is 1360. The third-order valence-corrected chi connectivity index (χ3v) is 7.20. The van der Waals surface area contributed by atoms with Crippen LogP contribution in [0.4, 0.5) is 4.39 Å². The van der Waals surface area contributed by atoms with Gasteiger partial charge in [0.2, 0.25) is 0 Å². The molecule has 1 atom stereocenters. The molecule has 1 unspecified atom stereocenters. The average Bonchev–Trinajstić information content (AvgIpc) is 3.34. The topological polar surface area (TPSA) is 64.8 Å². The molecule has 7 heteroatoms. The lowest BCUT2D eigenvalue weighted by atomic mass is 9.90. The van der Waals surface area contributed by atoms with Crippen LogP contribution < -0.4 is 9.47 Å². The Morgan fingerprint density at radius 3 is 2.59 bits per heavy atom. The fourth-order valence-electron chi connectivity index (χ4n) is 5.10. The van der Waals surface area contributed by atoms with Gasteiger partial charge in [-0.1, -0.05) is 35.5 Å². The van der Waals surface area contributed by atoms with Crippen molar-refractivity contribution >= 4 is 16.8 Å². The molecule has 1 aliphatic heterocycles. The first-order valence-electron chi connectivity index (χ1n) is 12.7. The minimum atomic E-state index is -0.313. The van der Waals surface area contributed by atoms with E-state index in [1.165, 1.54) is 24.6 Å². The van der Waals surface area contributed by atoms with Gasteiger partial charge in [-0.2, -0.15) is 0 Å². The average molecular weight is 503 g/mol. The molecule has 1 aromatic heterocycles. The van der Waals surface area contributed by atoms with E-state index >= 15 is 0 Å². The van der Waals surface area contributed by atoms with Gasteiger partial charge in [-0.3, -0.25) is 4.79 Å². The summed E-state index contributed by atoms with van der Waals surface area (Å²) in [5.74, 6) is 1.30. The maximum Gasteiger partial charge on any atom is 0.170 e. The van der Waals surface area contributed by atoms with Crippen molar-refractivity contribution in [3.8, 4) is 11.5 Å². The Hall–Kier alpha value is -3.71. The van der Waals surface area contributed by atoms with Gasteiger partial charge < -0.3 is 18.9 Å². The number of aromatic nitrogens is 1. The maximum absolute atomic E-state index is 13.5. The number of fused-ring (bicyclic) bond motifs is 1. The van der Waals surface area contributed by atoms with Crippen LogP contribution in [0.5, 0.6) is 11.5 Å². The van der Waals surface area contributed by atoms with Crippen molar-refractivity contribution < 1.29 is 23.2 Å². The molecule has 192 valence electrons. The molecule has 3 aromatic carbocycles. The standard InChI is InChI=1S/C30H31FN2O4/c1-20(34)23-8-11-27(29(16-23)35-2)36-19-24(21-6-4-3-5-7-21)18-33-14-12-22(13-15-33)30-26-10-9-25(31)17-28(26)37-32-30/h3-11,16-17,22,24H,12-15,18-19H2,1-2H3. The first-order valence-corrected chi connectivity index (χ1v) is 12.7. The minimum Gasteiger partial charge on any atom is -0.493 e. The number of benzene rings is 3. The number of halogens is 1. The van der Waals surface area contributed by atoms with E-state index in [1.54, 1.807) is 31.4 Å². The summed E-state index contributed by atoms with van der Waals surface area (Å²) in [4.78, 5) is 14.2. The van der Waals surface area contributed by atoms with Crippen molar-refractivity contribution in [2.45, 2.75) is 31.6 Å². The maximum atomic E-state index is 13.5. The molecular formula is C30H31FN2O4. The highest BCUT2D eigenvalue weighted by atomic mass is 19.1. The number of ketones is 1. The second kappa shape index (κ2) is 11.1. The summed E-state index contributed by atoms with van der Waals surface area (Å²) in [7, 11) is 1.58. The minimum absolute atomic E-state index is 0.0128. The molecule has 0 amide bonds. The number of ether oxygens (including phenoxy) is 2. The molecule has 0 aliphatic carbocycles. The Morgan fingerprint density at radius 2 is 1.86 bits per heavy atom. The lowest BCUT2D eigenvalue weighted by Crippen LogP contribution is -2.37. The van der Waals surface area contributed by atoms with E-state index in [2.05, 4.69) is 34.3 Å². The predicted octanol–water partition coefficient (Wildman–Crippen LogP) is 6.22. The molecule has 0 N–H and O–H groups in total. The van der Waals surface area contributed by atoms with Crippen LogP contribution >= 0.6 is 0 Å². The van der Waals surface area contributed by atoms with Crippen LogP contribution in [0.15, 0.2) is 71.3 Å². The van der Waals surface area contributed by atoms with Gasteiger partial charge >= 0.3 is 0 Å². The van der Waals surface area contributed by atoms with E-state index in [9.17, 15) is 9.18 Å². The third kappa shape index (κ3) is 5.67. The summed E-state index contributed by atoms with van der Waals surface area (Å²) in [6, 6.07) is 20.3. The normalized spacial score (nSPS) is 15.5. The molecule has 0 radical (unpaired) electrons. The largest absolute Gasteiger partial charge is 0.493 e. The SMILES string of the molecule is COc1cc(C(C)=O)ccc1OCC(CN1CCC(c2noc3cc(F)ccc23)CC1)c1ccccc1. The van der Waals surface area contributed by atoms with Gasteiger partial charge in [-0.15, -0.1) is 0 Å². The first-order chi connectivity index (χ1) is 18.0. The van der Waals surface area contributed by atoms with Crippen LogP contribution in [0.3, 0.4) is 0 Å². The molecule has 5 rings (SSSR count). The quantitative estimate of drug-likeness (QED) is 0.253. The second-order valence-corrected chi connectivity index (χ2v) is 9.62. The molecule has 1 saturated heterocycles. The Labute approximate surface area is 216 Å². The number of carbonyl (C=O) groups is 1. The fourth-order valence-corrected chi connectivity index (χ4v) is 5.10. The van der Waals surface area contributed by atoms with Crippen molar-refractivity contribution in [3.05, 3.63) is 89.4 Å². The van der Waals surface area contributed by atoms with Gasteiger partial charge in [-0.05, 0) is 68.8 Å². The molecule has 1 fully saturated rings. The molecule has 0 spiro atoms. The highest BCUT2D eigenvalue weighted by Crippen LogP contribution is 2.34. The van der Waals surface area contributed by atoms with Crippen LogP contribution in [-0.2, 0) is 0 Å². The highest BCUT2D eigenvalue weighted by molar-refractivity contribution is 5.94. The summed E-state index contributed by atoms with van der Waals surface area (Å²) < 4.78 is 30.7. The molecule has 0 saturated carbocycles. The second-order valence-electron chi connectivity index (χ2n) is 9.62. The number of rotatable bonds is 9. The summed E-state index contributed by atoms with van der Waals surface area (Å²) in [6.07, 6.45) is 1.92. The number of carbonyl (C=O) groups excluding carboxylic acids is 1. The lowest BCUT2D eigenvalue weighted by Gasteiger charge is -2.34. The lowest BCUT2D eigenvalue weighted by molar-refractivity contribution is 0.101. The Balaban J connectivity index is 1.26. The van der Waals surface area contributed by atoms with Gasteiger partial charge in [0.05, 0.1) is 19.4 Å². The number of likely N-dealkylation sites (tertiary alicyclic amines) is 1. The van der Waals surface area contributed by atoms with Crippen LogP contribution in [0, 0.1) is 5.82 Å². The van der Waals surface area contributed by atoms with E-state index in [-0.39, 0.29) is 17.5 Å². The molecule has 4 aromatic rings. The molecular weight excluding hydrogens is 471 g/mol. The van der Waals surface area contributed by atoms with Crippen molar-refractivity contribution in [3.63, 3.8) is 0 Å². The molecule has 2 heterocycles. The van der Waals surface area contributed by atoms with Crippen LogP contribution in [0.25, 0.3) is 11.0 Å². The van der Waals surface area contributed by atoms with Gasteiger partial charge in [-0.25, -0.2) is 4.39 Å². The van der Waals surface area contributed by atoms with Crippen LogP contribution in [0.2, 0.25) is 0 Å². The number of piperidine rings is 1. The monoisotopic (exact) mass is 502 g/mol. The number of hydrogen-bond donors (Lipinski definition) is 0. The summed E-state index contributed by atoms with van der Waals surface area (Å²) in [5, 5.41) is 5.18. The van der Waals surface area contributed by atoms with Gasteiger partial charge in [0.15, 0.2) is 22.9 Å². The fraction of sp³-hybridized carbons (Fsp3) is 0.333. The number of nitrogens with zero attached hydrogens (tertiary/aromatic N) is 2. The van der Waals surface area contributed by atoms with E-state index in [0.29, 0.717) is 35.2 Å². The van der Waals surface area contributed by atoms with E-state index in [1.807, 2.05) is 6.07 Å². The van der Waals surface area contributed by atoms with Crippen molar-refractivity contribution in [1.82, 2.24) is 10.1 Å². The molecule has 6 nitrogen and oxygen atoms in total. The number of Topliss-reactive ketones (excluding diaryl/α,β-unsaturated/α-hetero) is 1. The van der Waals surface area contributed by atoms with E-state index in [0.717, 1.165) is 43.6 Å². The van der Waals surface area contributed by atoms with Gasteiger partial charge in [0, 0.05) is 35.4 Å². The van der Waals surface area contributed by atoms with Crippen molar-refractivity contribution in [1.29, 1.82) is 0 Å². The summed E-state index contributed by atoms with van der Waals surface area (Å²) >= 11 is 0. The molecule has 0 bridgehead atoms. The molecule has 37 heavy (non-hydrogen) atoms. The van der Waals surface area contributed by atoms with Crippen LogP contribution in [-0.4, -0.2) is 49.2 Å².